The van der Waals surface area contributed by atoms with Crippen LogP contribution in [0.5, 0.6) is 5.75 Å². The Balaban J connectivity index is 2.17. The van der Waals surface area contributed by atoms with Crippen molar-refractivity contribution in [2.75, 3.05) is 5.32 Å². The third kappa shape index (κ3) is 4.06. The van der Waals surface area contributed by atoms with E-state index in [0.717, 1.165) is 6.07 Å². The summed E-state index contributed by atoms with van der Waals surface area (Å²) >= 11 is 0. The molecular weight excluding hydrogens is 341 g/mol. The molecule has 2 aromatic rings. The van der Waals surface area contributed by atoms with Gasteiger partial charge in [-0.1, -0.05) is 6.07 Å². The van der Waals surface area contributed by atoms with Crippen molar-refractivity contribution < 1.29 is 27.6 Å². The molecule has 0 radical (unpaired) electrons. The molecule has 0 heterocycles. The first-order valence-electron chi connectivity index (χ1n) is 7.06. The highest BCUT2D eigenvalue weighted by atomic mass is 19.2. The minimum atomic E-state index is -1.72. The number of anilines is 1. The van der Waals surface area contributed by atoms with Gasteiger partial charge in [0.1, 0.15) is 0 Å². The lowest BCUT2D eigenvalue weighted by Gasteiger charge is -2.15. The molecule has 1 amide bonds. The fraction of sp³-hybridized carbons (Fsp3) is 0.188. The summed E-state index contributed by atoms with van der Waals surface area (Å²) in [5, 5.41) is 13.1. The average molecular weight is 354 g/mol. The molecule has 0 saturated heterocycles. The molecule has 0 unspecified atom stereocenters. The zero-order chi connectivity index (χ0) is 18.7. The third-order valence-electron chi connectivity index (χ3n) is 3.28. The van der Waals surface area contributed by atoms with E-state index in [9.17, 15) is 28.1 Å². The Morgan fingerprint density at radius 2 is 1.88 bits per heavy atom. The Labute approximate surface area is 140 Å². The number of carbonyl (C=O) groups excluding carboxylic acids is 1. The molecule has 25 heavy (non-hydrogen) atoms. The molecule has 1 atom stereocenters. The van der Waals surface area contributed by atoms with Crippen molar-refractivity contribution in [3.63, 3.8) is 0 Å². The summed E-state index contributed by atoms with van der Waals surface area (Å²) in [6.45, 7) is 2.93. The van der Waals surface area contributed by atoms with E-state index < -0.39 is 40.1 Å². The van der Waals surface area contributed by atoms with Gasteiger partial charge in [0, 0.05) is 6.07 Å². The van der Waals surface area contributed by atoms with Gasteiger partial charge in [0.15, 0.2) is 29.3 Å². The maximum Gasteiger partial charge on any atom is 0.311 e. The summed E-state index contributed by atoms with van der Waals surface area (Å²) in [5.74, 6) is -5.71. The normalized spacial score (nSPS) is 11.7. The second kappa shape index (κ2) is 7.20. The number of hydrogen-bond donors (Lipinski definition) is 1. The number of carbonyl (C=O) groups is 1. The van der Waals surface area contributed by atoms with E-state index in [1.807, 2.05) is 5.32 Å². The van der Waals surface area contributed by atoms with Crippen LogP contribution < -0.4 is 10.1 Å². The molecule has 0 aliphatic heterocycles. The molecule has 132 valence electrons. The summed E-state index contributed by atoms with van der Waals surface area (Å²) in [6, 6.07) is 5.67. The van der Waals surface area contributed by atoms with E-state index in [0.29, 0.717) is 11.6 Å². The first kappa shape index (κ1) is 18.2. The lowest BCUT2D eigenvalue weighted by Crippen LogP contribution is -2.30. The van der Waals surface area contributed by atoms with E-state index in [1.54, 1.807) is 13.0 Å². The number of hydrogen-bond acceptors (Lipinski definition) is 4. The van der Waals surface area contributed by atoms with E-state index in [1.165, 1.54) is 19.1 Å². The van der Waals surface area contributed by atoms with Crippen LogP contribution in [0.3, 0.4) is 0 Å². The van der Waals surface area contributed by atoms with Gasteiger partial charge in [0.25, 0.3) is 5.91 Å². The fourth-order valence-electron chi connectivity index (χ4n) is 1.97. The molecular formula is C16H13F3N2O4. The van der Waals surface area contributed by atoms with Gasteiger partial charge in [-0.2, -0.15) is 0 Å². The van der Waals surface area contributed by atoms with Gasteiger partial charge < -0.3 is 10.1 Å². The highest BCUT2D eigenvalue weighted by Crippen LogP contribution is 2.29. The number of benzene rings is 2. The van der Waals surface area contributed by atoms with Crippen molar-refractivity contribution in [3.05, 3.63) is 63.5 Å². The molecule has 0 spiro atoms. The van der Waals surface area contributed by atoms with E-state index in [-0.39, 0.29) is 11.4 Å². The number of ether oxygens (including phenoxy) is 1. The number of nitro benzene ring substituents is 1. The number of amides is 1. The standard InChI is InChI=1S/C16H13F3N2O4/c1-8-3-6-13(12(7-8)21(23)24)25-9(2)16(22)20-11-5-4-10(17)14(18)15(11)19/h3-7,9H,1-2H3,(H,20,22)/t9-/m0/s1. The van der Waals surface area contributed by atoms with E-state index in [2.05, 4.69) is 0 Å². The first-order valence-corrected chi connectivity index (χ1v) is 7.06. The Hall–Kier alpha value is -3.10. The lowest BCUT2D eigenvalue weighted by molar-refractivity contribution is -0.386. The number of halogens is 3. The quantitative estimate of drug-likeness (QED) is 0.504. The van der Waals surface area contributed by atoms with Gasteiger partial charge in [0.2, 0.25) is 0 Å². The average Bonchev–Trinajstić information content (AvgIpc) is 2.56. The molecule has 0 bridgehead atoms. The summed E-state index contributed by atoms with van der Waals surface area (Å²) in [5.41, 5.74) is -0.281. The van der Waals surface area contributed by atoms with Crippen molar-refractivity contribution in [2.24, 2.45) is 0 Å². The van der Waals surface area contributed by atoms with E-state index in [4.69, 9.17) is 4.74 Å². The molecule has 1 N–H and O–H groups in total. The van der Waals surface area contributed by atoms with Crippen LogP contribution in [-0.4, -0.2) is 16.9 Å². The van der Waals surface area contributed by atoms with Gasteiger partial charge in [0.05, 0.1) is 10.6 Å². The number of nitrogens with one attached hydrogen (secondary N) is 1. The number of nitrogens with zero attached hydrogens (tertiary/aromatic N) is 1. The first-order chi connectivity index (χ1) is 11.7. The van der Waals surface area contributed by atoms with E-state index >= 15 is 0 Å². The van der Waals surface area contributed by atoms with Crippen LogP contribution in [0.4, 0.5) is 24.5 Å². The highest BCUT2D eigenvalue weighted by molar-refractivity contribution is 5.94. The summed E-state index contributed by atoms with van der Waals surface area (Å²) < 4.78 is 44.9. The van der Waals surface area contributed by atoms with Crippen LogP contribution >= 0.6 is 0 Å². The van der Waals surface area contributed by atoms with Crippen LogP contribution in [-0.2, 0) is 4.79 Å². The predicted octanol–water partition coefficient (Wildman–Crippen LogP) is 3.73. The number of aryl methyl sites for hydroxylation is 1. The fourth-order valence-corrected chi connectivity index (χ4v) is 1.97. The largest absolute Gasteiger partial charge is 0.474 e. The monoisotopic (exact) mass is 354 g/mol. The smallest absolute Gasteiger partial charge is 0.311 e. The Morgan fingerprint density at radius 3 is 2.52 bits per heavy atom. The van der Waals surface area contributed by atoms with Crippen LogP contribution in [0.15, 0.2) is 30.3 Å². The van der Waals surface area contributed by atoms with Crippen LogP contribution in [0.25, 0.3) is 0 Å². The van der Waals surface area contributed by atoms with Crippen LogP contribution in [0, 0.1) is 34.5 Å². The number of nitro groups is 1. The van der Waals surface area contributed by atoms with Crippen LogP contribution in [0.2, 0.25) is 0 Å². The van der Waals surface area contributed by atoms with Crippen molar-refractivity contribution in [3.8, 4) is 5.75 Å². The minimum Gasteiger partial charge on any atom is -0.474 e. The third-order valence-corrected chi connectivity index (χ3v) is 3.28. The summed E-state index contributed by atoms with van der Waals surface area (Å²) in [7, 11) is 0. The molecule has 2 aromatic carbocycles. The highest BCUT2D eigenvalue weighted by Gasteiger charge is 2.23. The van der Waals surface area contributed by atoms with Gasteiger partial charge in [-0.05, 0) is 37.6 Å². The van der Waals surface area contributed by atoms with Crippen LogP contribution in [0.1, 0.15) is 12.5 Å². The SMILES string of the molecule is Cc1ccc(O[C@@H](C)C(=O)Nc2ccc(F)c(F)c2F)c([N+](=O)[O-])c1. The second-order valence-corrected chi connectivity index (χ2v) is 5.20. The minimum absolute atomic E-state index is 0.149. The maximum absolute atomic E-state index is 13.6. The molecule has 2 rings (SSSR count). The topological polar surface area (TPSA) is 81.5 Å². The number of rotatable bonds is 5. The maximum atomic E-state index is 13.6. The zero-order valence-electron chi connectivity index (χ0n) is 13.2. The van der Waals surface area contributed by atoms with Crippen molar-refractivity contribution in [2.45, 2.75) is 20.0 Å². The Bertz CT molecular complexity index is 842. The Morgan fingerprint density at radius 1 is 1.20 bits per heavy atom. The Kier molecular flexibility index (Phi) is 5.26. The molecule has 6 nitrogen and oxygen atoms in total. The predicted molar refractivity (Wildman–Crippen MR) is 82.9 cm³/mol. The van der Waals surface area contributed by atoms with Crippen molar-refractivity contribution >= 4 is 17.3 Å². The molecule has 0 saturated carbocycles. The zero-order valence-corrected chi connectivity index (χ0v) is 13.2. The second-order valence-electron chi connectivity index (χ2n) is 5.20. The van der Waals surface area contributed by atoms with Crippen molar-refractivity contribution in [1.82, 2.24) is 0 Å². The lowest BCUT2D eigenvalue weighted by atomic mass is 10.2. The molecule has 0 aliphatic rings. The van der Waals surface area contributed by atoms with Crippen molar-refractivity contribution in [1.29, 1.82) is 0 Å². The molecule has 0 fully saturated rings. The molecule has 0 aromatic heterocycles. The van der Waals surface area contributed by atoms with Gasteiger partial charge in [-0.3, -0.25) is 14.9 Å². The summed E-state index contributed by atoms with van der Waals surface area (Å²) in [4.78, 5) is 22.4. The molecule has 9 heteroatoms. The van der Waals surface area contributed by atoms with Gasteiger partial charge >= 0.3 is 5.69 Å². The van der Waals surface area contributed by atoms with Gasteiger partial charge in [-0.15, -0.1) is 0 Å². The molecule has 0 aliphatic carbocycles. The summed E-state index contributed by atoms with van der Waals surface area (Å²) in [6.07, 6.45) is -1.26. The van der Waals surface area contributed by atoms with Gasteiger partial charge in [-0.25, -0.2) is 13.2 Å².